The number of nitrogens with one attached hydrogen (secondary N) is 2. The molecule has 0 radical (unpaired) electrons. The van der Waals surface area contributed by atoms with Gasteiger partial charge in [0.2, 0.25) is 11.2 Å². The molecule has 1 amide bonds. The molecule has 0 aromatic carbocycles. The van der Waals surface area contributed by atoms with Gasteiger partial charge in [0.1, 0.15) is 11.2 Å². The summed E-state index contributed by atoms with van der Waals surface area (Å²) in [4.78, 5) is 19.6. The third-order valence-electron chi connectivity index (χ3n) is 2.61. The molecule has 0 aliphatic carbocycles. The molecule has 0 spiro atoms. The first-order valence-corrected chi connectivity index (χ1v) is 5.05. The molecule has 2 heterocycles. The van der Waals surface area contributed by atoms with Crippen LogP contribution in [0.5, 0.6) is 0 Å². The molecule has 0 bridgehead atoms. The second-order valence-corrected chi connectivity index (χ2v) is 4.00. The van der Waals surface area contributed by atoms with Crippen LogP contribution in [0.1, 0.15) is 20.3 Å². The van der Waals surface area contributed by atoms with E-state index in [4.69, 9.17) is 11.6 Å². The van der Waals surface area contributed by atoms with Gasteiger partial charge in [0.25, 0.3) is 0 Å². The van der Waals surface area contributed by atoms with Gasteiger partial charge >= 0.3 is 0 Å². The van der Waals surface area contributed by atoms with Gasteiger partial charge in [0, 0.05) is 0 Å². The lowest BCUT2D eigenvalue weighted by Gasteiger charge is -2.33. The molecule has 0 saturated carbocycles. The molecular formula is C9H11ClN4O. The Bertz CT molecular complexity index is 423. The van der Waals surface area contributed by atoms with Crippen LogP contribution in [0.25, 0.3) is 0 Å². The number of aromatic nitrogens is 2. The van der Waals surface area contributed by atoms with Gasteiger partial charge in [0.15, 0.2) is 5.82 Å². The summed E-state index contributed by atoms with van der Waals surface area (Å²) in [6.45, 7) is 3.75. The summed E-state index contributed by atoms with van der Waals surface area (Å²) in [5.74, 6) is 0.488. The van der Waals surface area contributed by atoms with E-state index in [9.17, 15) is 4.79 Å². The average molecular weight is 227 g/mol. The zero-order valence-corrected chi connectivity index (χ0v) is 9.22. The fraction of sp³-hybridized carbons (Fsp3) is 0.444. The lowest BCUT2D eigenvalue weighted by Crippen LogP contribution is -2.49. The standard InChI is InChI=1S/C9H11ClN4O/c1-3-9(2)7(15)12-5-4-11-8(10)13-6(5)14-9/h4H,3H2,1-2H3,(H,12,15)(H,11,13,14)/t9-/m0/s1. The zero-order valence-electron chi connectivity index (χ0n) is 8.47. The molecule has 1 aliphatic rings. The molecule has 2 rings (SSSR count). The Morgan fingerprint density at radius 1 is 1.60 bits per heavy atom. The highest BCUT2D eigenvalue weighted by atomic mass is 35.5. The lowest BCUT2D eigenvalue weighted by atomic mass is 9.96. The van der Waals surface area contributed by atoms with Crippen molar-refractivity contribution in [3.05, 3.63) is 11.5 Å². The molecule has 2 N–H and O–H groups in total. The molecule has 80 valence electrons. The smallest absolute Gasteiger partial charge is 0.249 e. The Morgan fingerprint density at radius 3 is 3.00 bits per heavy atom. The summed E-state index contributed by atoms with van der Waals surface area (Å²) < 4.78 is 0. The van der Waals surface area contributed by atoms with Crippen molar-refractivity contribution in [3.63, 3.8) is 0 Å². The fourth-order valence-corrected chi connectivity index (χ4v) is 1.51. The number of rotatable bonds is 1. The minimum Gasteiger partial charge on any atom is -0.354 e. The zero-order chi connectivity index (χ0) is 11.1. The van der Waals surface area contributed by atoms with E-state index in [2.05, 4.69) is 20.6 Å². The normalized spacial score (nSPS) is 24.1. The van der Waals surface area contributed by atoms with Crippen LogP contribution in [0.15, 0.2) is 6.20 Å². The van der Waals surface area contributed by atoms with Gasteiger partial charge in [-0.15, -0.1) is 0 Å². The highest BCUT2D eigenvalue weighted by Crippen LogP contribution is 2.30. The Kier molecular flexibility index (Phi) is 2.26. The van der Waals surface area contributed by atoms with Crippen LogP contribution in [-0.2, 0) is 4.79 Å². The summed E-state index contributed by atoms with van der Waals surface area (Å²) in [7, 11) is 0. The monoisotopic (exact) mass is 226 g/mol. The van der Waals surface area contributed by atoms with Gasteiger partial charge in [-0.2, -0.15) is 4.98 Å². The van der Waals surface area contributed by atoms with Gasteiger partial charge in [-0.1, -0.05) is 6.92 Å². The van der Waals surface area contributed by atoms with Gasteiger partial charge < -0.3 is 10.6 Å². The molecule has 1 aliphatic heterocycles. The maximum absolute atomic E-state index is 11.7. The quantitative estimate of drug-likeness (QED) is 0.715. The molecule has 1 atom stereocenters. The first-order chi connectivity index (χ1) is 7.05. The predicted octanol–water partition coefficient (Wildman–Crippen LogP) is 1.66. The topological polar surface area (TPSA) is 66.9 Å². The molecular weight excluding hydrogens is 216 g/mol. The number of fused-ring (bicyclic) bond motifs is 1. The minimum absolute atomic E-state index is 0.0802. The maximum Gasteiger partial charge on any atom is 0.249 e. The highest BCUT2D eigenvalue weighted by molar-refractivity contribution is 6.28. The highest BCUT2D eigenvalue weighted by Gasteiger charge is 2.36. The predicted molar refractivity (Wildman–Crippen MR) is 58.0 cm³/mol. The largest absolute Gasteiger partial charge is 0.354 e. The number of amides is 1. The van der Waals surface area contributed by atoms with Crippen LogP contribution in [0.4, 0.5) is 11.5 Å². The summed E-state index contributed by atoms with van der Waals surface area (Å²) in [6, 6.07) is 0. The number of anilines is 2. The molecule has 1 aromatic heterocycles. The Morgan fingerprint density at radius 2 is 2.33 bits per heavy atom. The minimum atomic E-state index is -0.634. The van der Waals surface area contributed by atoms with Crippen molar-refractivity contribution in [2.45, 2.75) is 25.8 Å². The molecule has 0 fully saturated rings. The van der Waals surface area contributed by atoms with Crippen molar-refractivity contribution in [1.29, 1.82) is 0 Å². The van der Waals surface area contributed by atoms with Crippen LogP contribution in [0, 0.1) is 0 Å². The van der Waals surface area contributed by atoms with E-state index in [0.29, 0.717) is 17.9 Å². The molecule has 0 saturated heterocycles. The number of carbonyl (C=O) groups excluding carboxylic acids is 1. The van der Waals surface area contributed by atoms with Crippen molar-refractivity contribution in [3.8, 4) is 0 Å². The summed E-state index contributed by atoms with van der Waals surface area (Å²) in [5.41, 5.74) is -0.0691. The maximum atomic E-state index is 11.7. The van der Waals surface area contributed by atoms with Gasteiger partial charge in [0.05, 0.1) is 6.20 Å². The van der Waals surface area contributed by atoms with E-state index in [1.165, 1.54) is 6.20 Å². The Hall–Kier alpha value is -1.36. The van der Waals surface area contributed by atoms with Gasteiger partial charge in [-0.3, -0.25) is 4.79 Å². The molecule has 6 heteroatoms. The van der Waals surface area contributed by atoms with E-state index < -0.39 is 5.54 Å². The van der Waals surface area contributed by atoms with Crippen molar-refractivity contribution in [1.82, 2.24) is 9.97 Å². The van der Waals surface area contributed by atoms with Crippen molar-refractivity contribution in [2.24, 2.45) is 0 Å². The third-order valence-corrected chi connectivity index (χ3v) is 2.79. The van der Waals surface area contributed by atoms with Crippen LogP contribution < -0.4 is 10.6 Å². The van der Waals surface area contributed by atoms with Gasteiger partial charge in [-0.25, -0.2) is 4.98 Å². The number of hydrogen-bond donors (Lipinski definition) is 2. The van der Waals surface area contributed by atoms with E-state index >= 15 is 0 Å². The molecule has 1 aromatic rings. The number of halogens is 1. The number of nitrogens with zero attached hydrogens (tertiary/aromatic N) is 2. The molecule has 5 nitrogen and oxygen atoms in total. The fourth-order valence-electron chi connectivity index (χ4n) is 1.37. The summed E-state index contributed by atoms with van der Waals surface area (Å²) >= 11 is 5.67. The molecule has 15 heavy (non-hydrogen) atoms. The second kappa shape index (κ2) is 3.34. The number of hydrogen-bond acceptors (Lipinski definition) is 4. The number of carbonyl (C=O) groups is 1. The summed E-state index contributed by atoms with van der Waals surface area (Å²) in [5, 5.41) is 5.97. The third kappa shape index (κ3) is 1.63. The van der Waals surface area contributed by atoms with Gasteiger partial charge in [-0.05, 0) is 24.9 Å². The van der Waals surface area contributed by atoms with Crippen LogP contribution >= 0.6 is 11.6 Å². The van der Waals surface area contributed by atoms with E-state index in [-0.39, 0.29) is 11.2 Å². The van der Waals surface area contributed by atoms with Crippen LogP contribution in [0.3, 0.4) is 0 Å². The first-order valence-electron chi connectivity index (χ1n) is 4.67. The van der Waals surface area contributed by atoms with Crippen LogP contribution in [-0.4, -0.2) is 21.4 Å². The van der Waals surface area contributed by atoms with Crippen molar-refractivity contribution < 1.29 is 4.79 Å². The second-order valence-electron chi connectivity index (χ2n) is 3.67. The van der Waals surface area contributed by atoms with Crippen molar-refractivity contribution >= 4 is 29.0 Å². The van der Waals surface area contributed by atoms with Crippen molar-refractivity contribution in [2.75, 3.05) is 10.6 Å². The average Bonchev–Trinajstić information content (AvgIpc) is 2.20. The van der Waals surface area contributed by atoms with E-state index in [1.54, 1.807) is 0 Å². The Labute approximate surface area is 92.3 Å². The summed E-state index contributed by atoms with van der Waals surface area (Å²) in [6.07, 6.45) is 2.16. The Balaban J connectivity index is 2.43. The SMILES string of the molecule is CC[C@]1(C)Nc2nc(Cl)ncc2NC1=O. The van der Waals surface area contributed by atoms with E-state index in [0.717, 1.165) is 0 Å². The first kappa shape index (κ1) is 10.2. The molecule has 0 unspecified atom stereocenters. The van der Waals surface area contributed by atoms with E-state index in [1.807, 2.05) is 13.8 Å². The lowest BCUT2D eigenvalue weighted by molar-refractivity contribution is -0.120. The van der Waals surface area contributed by atoms with Crippen LogP contribution in [0.2, 0.25) is 5.28 Å².